The molecule has 0 aliphatic carbocycles. The predicted molar refractivity (Wildman–Crippen MR) is 248 cm³/mol. The summed E-state index contributed by atoms with van der Waals surface area (Å²) in [4.78, 5) is 34.4. The van der Waals surface area contributed by atoms with Gasteiger partial charge in [0.1, 0.15) is 24.3 Å². The van der Waals surface area contributed by atoms with Crippen LogP contribution in [0.2, 0.25) is 0 Å². The number of benzene rings is 4. The van der Waals surface area contributed by atoms with Crippen LogP contribution >= 0.6 is 23.5 Å². The van der Waals surface area contributed by atoms with Gasteiger partial charge in [-0.15, -0.1) is 0 Å². The van der Waals surface area contributed by atoms with Gasteiger partial charge in [-0.05, 0) is 116 Å². The summed E-state index contributed by atoms with van der Waals surface area (Å²) in [5.41, 5.74) is 9.14. The van der Waals surface area contributed by atoms with E-state index in [0.29, 0.717) is 28.8 Å². The smallest absolute Gasteiger partial charge is 0.164 e. The molecule has 0 aliphatic rings. The van der Waals surface area contributed by atoms with E-state index in [0.717, 1.165) is 69.9 Å². The summed E-state index contributed by atoms with van der Waals surface area (Å²) < 4.78 is 0. The first-order valence-corrected chi connectivity index (χ1v) is 21.5. The molecule has 0 atom stereocenters. The van der Waals surface area contributed by atoms with E-state index in [1.54, 1.807) is 36.2 Å². The maximum absolute atomic E-state index is 4.82. The second-order valence-electron chi connectivity index (χ2n) is 15.3. The fourth-order valence-electron chi connectivity index (χ4n) is 6.42. The van der Waals surface area contributed by atoms with E-state index in [4.69, 9.17) is 9.97 Å². The lowest BCUT2D eigenvalue weighted by Crippen LogP contribution is -2.07. The summed E-state index contributed by atoms with van der Waals surface area (Å²) in [5, 5.41) is 8.95. The SMILES string of the molecule is Cc1ccc(Sc2ccc(C#Cc3ccc(Sc4ccc(N(C)C)cc4)c(Nc4ncnc5nc(C(C)C)ccc45)c3)cc2Nc2ncnc3nc(C(C)C)ccc23)cc1. The monoisotopic (exact) mass is 823 g/mol. The van der Waals surface area contributed by atoms with Gasteiger partial charge in [0.15, 0.2) is 11.3 Å². The number of nitrogens with one attached hydrogen (secondary N) is 2. The van der Waals surface area contributed by atoms with Crippen LogP contribution in [-0.4, -0.2) is 44.0 Å². The van der Waals surface area contributed by atoms with Gasteiger partial charge in [0.05, 0.1) is 22.1 Å². The Hall–Kier alpha value is -6.48. The highest BCUT2D eigenvalue weighted by Crippen LogP contribution is 2.39. The minimum Gasteiger partial charge on any atom is -0.378 e. The van der Waals surface area contributed by atoms with Gasteiger partial charge >= 0.3 is 0 Å². The first kappa shape index (κ1) is 40.3. The Morgan fingerprint density at radius 1 is 0.533 bits per heavy atom. The van der Waals surface area contributed by atoms with Crippen molar-refractivity contribution in [3.8, 4) is 11.8 Å². The van der Waals surface area contributed by atoms with Crippen molar-refractivity contribution in [2.75, 3.05) is 29.6 Å². The van der Waals surface area contributed by atoms with Gasteiger partial charge in [0.2, 0.25) is 0 Å². The third kappa shape index (κ3) is 9.36. The Morgan fingerprint density at radius 2 is 0.983 bits per heavy atom. The molecule has 0 amide bonds. The molecule has 11 heteroatoms. The molecular weight excluding hydrogens is 779 g/mol. The van der Waals surface area contributed by atoms with Crippen LogP contribution in [0, 0.1) is 18.8 Å². The van der Waals surface area contributed by atoms with Gasteiger partial charge in [-0.2, -0.15) is 0 Å². The van der Waals surface area contributed by atoms with Crippen LogP contribution < -0.4 is 15.5 Å². The molecule has 8 rings (SSSR count). The largest absolute Gasteiger partial charge is 0.378 e. The average molecular weight is 824 g/mol. The highest BCUT2D eigenvalue weighted by molar-refractivity contribution is 7.99. The zero-order valence-electron chi connectivity index (χ0n) is 34.6. The molecule has 2 N–H and O–H groups in total. The number of aryl methyl sites for hydroxylation is 1. The Labute approximate surface area is 360 Å². The van der Waals surface area contributed by atoms with Crippen molar-refractivity contribution in [3.63, 3.8) is 0 Å². The number of rotatable bonds is 11. The minimum atomic E-state index is 0.288. The Bertz CT molecular complexity index is 2880. The number of pyridine rings is 2. The van der Waals surface area contributed by atoms with E-state index in [9.17, 15) is 0 Å². The highest BCUT2D eigenvalue weighted by atomic mass is 32.2. The normalized spacial score (nSPS) is 11.2. The summed E-state index contributed by atoms with van der Waals surface area (Å²) in [6, 6.07) is 37.8. The minimum absolute atomic E-state index is 0.288. The van der Waals surface area contributed by atoms with Crippen LogP contribution in [0.15, 0.2) is 141 Å². The van der Waals surface area contributed by atoms with Gasteiger partial charge in [0, 0.05) is 61.9 Å². The fourth-order valence-corrected chi connectivity index (χ4v) is 8.18. The molecule has 60 heavy (non-hydrogen) atoms. The second kappa shape index (κ2) is 17.8. The summed E-state index contributed by atoms with van der Waals surface area (Å²) in [5.74, 6) is 8.84. The van der Waals surface area contributed by atoms with Gasteiger partial charge in [-0.25, -0.2) is 29.9 Å². The molecule has 0 bridgehead atoms. The van der Waals surface area contributed by atoms with Crippen molar-refractivity contribution >= 4 is 74.3 Å². The lowest BCUT2D eigenvalue weighted by atomic mass is 10.1. The van der Waals surface area contributed by atoms with E-state index in [2.05, 4.69) is 167 Å². The average Bonchev–Trinajstić information content (AvgIpc) is 3.25. The topological polar surface area (TPSA) is 105 Å². The molecule has 0 aliphatic heterocycles. The van der Waals surface area contributed by atoms with E-state index < -0.39 is 0 Å². The van der Waals surface area contributed by atoms with Gasteiger partial charge in [-0.3, -0.25) is 0 Å². The molecule has 298 valence electrons. The van der Waals surface area contributed by atoms with Crippen molar-refractivity contribution < 1.29 is 0 Å². The lowest BCUT2D eigenvalue weighted by Gasteiger charge is -2.15. The third-order valence-corrected chi connectivity index (χ3v) is 12.0. The molecule has 4 aromatic heterocycles. The van der Waals surface area contributed by atoms with Crippen LogP contribution in [0.1, 0.15) is 67.6 Å². The molecule has 0 saturated heterocycles. The quantitative estimate of drug-likeness (QED) is 0.122. The number of nitrogens with zero attached hydrogens (tertiary/aromatic N) is 7. The van der Waals surface area contributed by atoms with Crippen LogP contribution in [0.4, 0.5) is 28.7 Å². The Kier molecular flexibility index (Phi) is 12.0. The van der Waals surface area contributed by atoms with E-state index in [-0.39, 0.29) is 5.92 Å². The van der Waals surface area contributed by atoms with E-state index in [1.165, 1.54) is 5.56 Å². The predicted octanol–water partition coefficient (Wildman–Crippen LogP) is 12.2. The lowest BCUT2D eigenvalue weighted by molar-refractivity contribution is 0.827. The van der Waals surface area contributed by atoms with Crippen molar-refractivity contribution in [1.29, 1.82) is 0 Å². The zero-order valence-corrected chi connectivity index (χ0v) is 36.3. The summed E-state index contributed by atoms with van der Waals surface area (Å²) >= 11 is 3.37. The zero-order chi connectivity index (χ0) is 41.8. The highest BCUT2D eigenvalue weighted by Gasteiger charge is 2.14. The molecule has 0 unspecified atom stereocenters. The summed E-state index contributed by atoms with van der Waals surface area (Å²) in [6.45, 7) is 10.6. The number of aromatic nitrogens is 6. The molecule has 4 aromatic carbocycles. The Morgan fingerprint density at radius 3 is 1.42 bits per heavy atom. The van der Waals surface area contributed by atoms with Crippen LogP contribution in [0.3, 0.4) is 0 Å². The molecule has 9 nitrogen and oxygen atoms in total. The standard InChI is InChI=1S/C49H45N9S2/c1-30(2)40-22-20-38-46(54-40)50-28-52-48(38)56-42-26-33(12-24-44(42)59-36-16-8-32(5)9-17-36)10-11-34-13-25-45(60-37-18-14-35(15-19-37)58(6)7)43(27-34)57-49-39-21-23-41(31(3)4)55-47(39)51-29-53-49/h8-9,12-31H,1-7H3,(H,50,52,54,56)(H,51,53,55,57). The summed E-state index contributed by atoms with van der Waals surface area (Å²) in [6.07, 6.45) is 3.13. The maximum Gasteiger partial charge on any atom is 0.164 e. The summed E-state index contributed by atoms with van der Waals surface area (Å²) in [7, 11) is 4.09. The third-order valence-electron chi connectivity index (χ3n) is 9.87. The van der Waals surface area contributed by atoms with E-state index >= 15 is 0 Å². The maximum atomic E-state index is 4.82. The van der Waals surface area contributed by atoms with Crippen molar-refractivity contribution in [2.45, 2.75) is 66.0 Å². The van der Waals surface area contributed by atoms with Crippen LogP contribution in [0.5, 0.6) is 0 Å². The van der Waals surface area contributed by atoms with Crippen LogP contribution in [0.25, 0.3) is 22.1 Å². The van der Waals surface area contributed by atoms with Crippen molar-refractivity contribution in [1.82, 2.24) is 29.9 Å². The molecule has 0 spiro atoms. The van der Waals surface area contributed by atoms with Crippen LogP contribution in [-0.2, 0) is 0 Å². The van der Waals surface area contributed by atoms with Gasteiger partial charge in [-0.1, -0.05) is 80.8 Å². The first-order chi connectivity index (χ1) is 29.1. The number of hydrogen-bond acceptors (Lipinski definition) is 11. The van der Waals surface area contributed by atoms with Gasteiger partial charge in [0.25, 0.3) is 0 Å². The van der Waals surface area contributed by atoms with E-state index in [1.807, 2.05) is 38.4 Å². The fraction of sp³-hybridized carbons (Fsp3) is 0.184. The number of hydrogen-bond donors (Lipinski definition) is 2. The Balaban J connectivity index is 1.15. The second-order valence-corrected chi connectivity index (χ2v) is 17.5. The number of anilines is 5. The van der Waals surface area contributed by atoms with Gasteiger partial charge < -0.3 is 15.5 Å². The van der Waals surface area contributed by atoms with Crippen molar-refractivity contribution in [3.05, 3.63) is 150 Å². The molecule has 0 radical (unpaired) electrons. The number of fused-ring (bicyclic) bond motifs is 2. The molecule has 8 aromatic rings. The molecular formula is C49H45N9S2. The molecule has 0 fully saturated rings. The molecule has 4 heterocycles. The molecule has 0 saturated carbocycles. The first-order valence-electron chi connectivity index (χ1n) is 19.8. The van der Waals surface area contributed by atoms with Crippen molar-refractivity contribution in [2.24, 2.45) is 0 Å².